The Morgan fingerprint density at radius 2 is 1.86 bits per heavy atom. The Morgan fingerprint density at radius 1 is 1.11 bits per heavy atom. The molecule has 0 amide bonds. The number of nitrogens with zero attached hydrogens (tertiary/aromatic N) is 2. The molecule has 0 aliphatic carbocycles. The second-order valence-electron chi connectivity index (χ2n) is 6.33. The molecule has 0 N–H and O–H groups in total. The topological polar surface area (TPSA) is 59.0 Å². The summed E-state index contributed by atoms with van der Waals surface area (Å²) in [6.45, 7) is -1.23. The van der Waals surface area contributed by atoms with Crippen molar-refractivity contribution < 1.29 is 27.5 Å². The van der Waals surface area contributed by atoms with Crippen LogP contribution in [0.2, 0.25) is 0 Å². The van der Waals surface area contributed by atoms with E-state index in [9.17, 15) is 22.8 Å². The third-order valence-corrected chi connectivity index (χ3v) is 4.08. The molecule has 1 atom stereocenters. The average Bonchev–Trinajstić information content (AvgIpc) is 3.13. The summed E-state index contributed by atoms with van der Waals surface area (Å²) in [6, 6.07) is 15.6. The van der Waals surface area contributed by atoms with Crippen LogP contribution in [0.3, 0.4) is 0 Å². The number of hydrogen-bond donors (Lipinski definition) is 0. The van der Waals surface area contributed by atoms with Gasteiger partial charge >= 0.3 is 6.18 Å². The molecule has 0 radical (unpaired) electrons. The van der Waals surface area contributed by atoms with Gasteiger partial charge in [-0.2, -0.15) is 18.3 Å². The van der Waals surface area contributed by atoms with Gasteiger partial charge in [-0.1, -0.05) is 42.5 Å². The Bertz CT molecular complexity index is 882. The van der Waals surface area contributed by atoms with E-state index in [1.165, 1.54) is 12.1 Å². The monoisotopic (exact) mass is 390 g/mol. The number of hydrogen-bond acceptors (Lipinski definition) is 5. The molecular formula is C20H17F3N2O3. The van der Waals surface area contributed by atoms with Crippen LogP contribution in [0.15, 0.2) is 59.7 Å². The Balaban J connectivity index is 1.61. The number of carbonyl (C=O) groups is 2. The molecule has 1 heterocycles. The first kappa shape index (κ1) is 19.6. The van der Waals surface area contributed by atoms with Gasteiger partial charge in [0, 0.05) is 11.8 Å². The summed E-state index contributed by atoms with van der Waals surface area (Å²) in [7, 11) is 0. The predicted octanol–water partition coefficient (Wildman–Crippen LogP) is 3.50. The van der Waals surface area contributed by atoms with Gasteiger partial charge in [0.25, 0.3) is 0 Å². The molecule has 0 fully saturated rings. The van der Waals surface area contributed by atoms with Gasteiger partial charge in [0.1, 0.15) is 18.9 Å². The van der Waals surface area contributed by atoms with Crippen LogP contribution in [0.5, 0.6) is 5.75 Å². The highest BCUT2D eigenvalue weighted by Crippen LogP contribution is 2.21. The van der Waals surface area contributed by atoms with Crippen molar-refractivity contribution in [1.82, 2.24) is 5.01 Å². The fourth-order valence-electron chi connectivity index (χ4n) is 2.74. The minimum absolute atomic E-state index is 0.123. The van der Waals surface area contributed by atoms with Gasteiger partial charge in [-0.3, -0.25) is 14.6 Å². The Morgan fingerprint density at radius 3 is 2.57 bits per heavy atom. The van der Waals surface area contributed by atoms with Gasteiger partial charge in [-0.25, -0.2) is 0 Å². The zero-order chi connectivity index (χ0) is 20.1. The lowest BCUT2D eigenvalue weighted by Crippen LogP contribution is -2.34. The van der Waals surface area contributed by atoms with Crippen LogP contribution < -0.4 is 4.74 Å². The van der Waals surface area contributed by atoms with Crippen molar-refractivity contribution in [3.63, 3.8) is 0 Å². The molecule has 2 aromatic rings. The molecule has 3 rings (SSSR count). The molecule has 146 valence electrons. The molecule has 0 saturated carbocycles. The molecule has 1 unspecified atom stereocenters. The van der Waals surface area contributed by atoms with Gasteiger partial charge < -0.3 is 4.74 Å². The Hall–Kier alpha value is -3.16. The Kier molecular flexibility index (Phi) is 5.77. The van der Waals surface area contributed by atoms with Crippen LogP contribution in [0.4, 0.5) is 13.2 Å². The number of benzene rings is 2. The summed E-state index contributed by atoms with van der Waals surface area (Å²) >= 11 is 0. The van der Waals surface area contributed by atoms with Gasteiger partial charge in [0.2, 0.25) is 11.6 Å². The van der Waals surface area contributed by atoms with Crippen LogP contribution >= 0.6 is 0 Å². The first-order valence-electron chi connectivity index (χ1n) is 8.53. The SMILES string of the molecule is O=C(C(=O)C1C=NN(CC(F)(F)F)C1)c1cccc(OCc2ccccc2)c1. The molecule has 0 spiro atoms. The van der Waals surface area contributed by atoms with Crippen LogP contribution in [0.1, 0.15) is 15.9 Å². The molecule has 1 aliphatic heterocycles. The zero-order valence-corrected chi connectivity index (χ0v) is 14.7. The van der Waals surface area contributed by atoms with Crippen molar-refractivity contribution in [3.8, 4) is 5.75 Å². The molecule has 0 aromatic heterocycles. The normalized spacial score (nSPS) is 16.2. The molecule has 2 aromatic carbocycles. The van der Waals surface area contributed by atoms with Crippen LogP contribution in [-0.2, 0) is 11.4 Å². The van der Waals surface area contributed by atoms with Crippen molar-refractivity contribution in [2.24, 2.45) is 11.0 Å². The van der Waals surface area contributed by atoms with E-state index in [-0.39, 0.29) is 12.1 Å². The summed E-state index contributed by atoms with van der Waals surface area (Å²) in [5.74, 6) is -2.16. The molecule has 8 heteroatoms. The molecule has 5 nitrogen and oxygen atoms in total. The second-order valence-corrected chi connectivity index (χ2v) is 6.33. The number of carbonyl (C=O) groups excluding carboxylic acids is 2. The van der Waals surface area contributed by atoms with Gasteiger partial charge in [0.05, 0.1) is 12.5 Å². The third-order valence-electron chi connectivity index (χ3n) is 4.08. The fraction of sp³-hybridized carbons (Fsp3) is 0.250. The molecule has 1 aliphatic rings. The number of halogens is 3. The number of ether oxygens (including phenoxy) is 1. The molecule has 0 bridgehead atoms. The second kappa shape index (κ2) is 8.24. The summed E-state index contributed by atoms with van der Waals surface area (Å²) in [4.78, 5) is 24.8. The fourth-order valence-corrected chi connectivity index (χ4v) is 2.74. The molecular weight excluding hydrogens is 373 g/mol. The smallest absolute Gasteiger partial charge is 0.407 e. The van der Waals surface area contributed by atoms with Gasteiger partial charge in [-0.15, -0.1) is 0 Å². The molecule has 0 saturated heterocycles. The van der Waals surface area contributed by atoms with Crippen LogP contribution in [0.25, 0.3) is 0 Å². The highest BCUT2D eigenvalue weighted by molar-refractivity contribution is 6.46. The average molecular weight is 390 g/mol. The van der Waals surface area contributed by atoms with Crippen molar-refractivity contribution in [3.05, 3.63) is 65.7 Å². The van der Waals surface area contributed by atoms with Crippen molar-refractivity contribution in [1.29, 1.82) is 0 Å². The van der Waals surface area contributed by atoms with E-state index in [4.69, 9.17) is 4.74 Å². The summed E-state index contributed by atoms with van der Waals surface area (Å²) in [5, 5.41) is 4.30. The first-order chi connectivity index (χ1) is 13.3. The van der Waals surface area contributed by atoms with Gasteiger partial charge in [0.15, 0.2) is 0 Å². The lowest BCUT2D eigenvalue weighted by Gasteiger charge is -2.17. The zero-order valence-electron chi connectivity index (χ0n) is 14.7. The Labute approximate surface area is 159 Å². The van der Waals surface area contributed by atoms with Crippen molar-refractivity contribution in [2.75, 3.05) is 13.1 Å². The maximum absolute atomic E-state index is 12.4. The third kappa shape index (κ3) is 5.18. The van der Waals surface area contributed by atoms with Crippen LogP contribution in [0, 0.1) is 5.92 Å². The summed E-state index contributed by atoms with van der Waals surface area (Å²) in [5.41, 5.74) is 1.07. The minimum atomic E-state index is -4.43. The van der Waals surface area contributed by atoms with Gasteiger partial charge in [-0.05, 0) is 17.7 Å². The number of ketones is 2. The van der Waals surface area contributed by atoms with E-state index >= 15 is 0 Å². The van der Waals surface area contributed by atoms with E-state index in [0.717, 1.165) is 16.8 Å². The maximum atomic E-state index is 12.4. The minimum Gasteiger partial charge on any atom is -0.489 e. The molecule has 28 heavy (non-hydrogen) atoms. The van der Waals surface area contributed by atoms with Crippen molar-refractivity contribution >= 4 is 17.8 Å². The van der Waals surface area contributed by atoms with E-state index in [2.05, 4.69) is 5.10 Å². The van der Waals surface area contributed by atoms with Crippen LogP contribution in [-0.4, -0.2) is 42.1 Å². The number of Topliss-reactive ketones (excluding diaryl/α,β-unsaturated/α-hetero) is 2. The van der Waals surface area contributed by atoms with E-state index < -0.39 is 30.2 Å². The highest BCUT2D eigenvalue weighted by Gasteiger charge is 2.36. The van der Waals surface area contributed by atoms with E-state index in [1.807, 2.05) is 30.3 Å². The quantitative estimate of drug-likeness (QED) is 0.536. The van der Waals surface area contributed by atoms with E-state index in [0.29, 0.717) is 12.4 Å². The summed E-state index contributed by atoms with van der Waals surface area (Å²) in [6.07, 6.45) is -3.34. The first-order valence-corrected chi connectivity index (χ1v) is 8.53. The lowest BCUT2D eigenvalue weighted by molar-refractivity contribution is -0.146. The largest absolute Gasteiger partial charge is 0.489 e. The van der Waals surface area contributed by atoms with Crippen molar-refractivity contribution in [2.45, 2.75) is 12.8 Å². The predicted molar refractivity (Wildman–Crippen MR) is 96.2 cm³/mol. The standard InChI is InChI=1S/C20H17F3N2O3/c21-20(22,23)13-25-11-16(10-24-25)19(27)18(26)15-7-4-8-17(9-15)28-12-14-5-2-1-3-6-14/h1-10,16H,11-13H2. The number of alkyl halides is 3. The number of rotatable bonds is 7. The number of hydrazone groups is 1. The van der Waals surface area contributed by atoms with E-state index in [1.54, 1.807) is 12.1 Å². The highest BCUT2D eigenvalue weighted by atomic mass is 19.4. The summed E-state index contributed by atoms with van der Waals surface area (Å²) < 4.78 is 42.9. The maximum Gasteiger partial charge on any atom is 0.407 e. The lowest BCUT2D eigenvalue weighted by atomic mass is 9.97.